The van der Waals surface area contributed by atoms with Gasteiger partial charge in [-0.05, 0) is 25.1 Å². The second kappa shape index (κ2) is 6.89. The maximum absolute atomic E-state index is 12.4. The summed E-state index contributed by atoms with van der Waals surface area (Å²) >= 11 is 11.8. The second-order valence-corrected chi connectivity index (χ2v) is 6.59. The van der Waals surface area contributed by atoms with Gasteiger partial charge in [-0.3, -0.25) is 25.0 Å². The van der Waals surface area contributed by atoms with Crippen LogP contribution >= 0.6 is 23.2 Å². The third-order valence-electron chi connectivity index (χ3n) is 3.88. The molecular formula is C16H15Cl2N5O3. The van der Waals surface area contributed by atoms with Crippen LogP contribution in [0.25, 0.3) is 11.0 Å². The van der Waals surface area contributed by atoms with Crippen molar-refractivity contribution in [3.8, 4) is 5.88 Å². The summed E-state index contributed by atoms with van der Waals surface area (Å²) in [5.74, 6) is -0.565. The van der Waals surface area contributed by atoms with E-state index in [1.54, 1.807) is 25.1 Å². The van der Waals surface area contributed by atoms with E-state index in [4.69, 9.17) is 23.2 Å². The van der Waals surface area contributed by atoms with Gasteiger partial charge in [-0.25, -0.2) is 4.98 Å². The number of hydrazine groups is 1. The first kappa shape index (κ1) is 18.1. The van der Waals surface area contributed by atoms with Crippen LogP contribution in [0.4, 0.5) is 5.69 Å². The standard InChI is InChI=1S/C16H15Cl2N5O3/c1-8-13-14(16(26)22(2)15(8)25)23(7-19-13)6-12(24)21-20-11-4-9(17)3-10(18)5-11/h3-5,7,20,25H,6H2,1-2H3,(H,21,24). The number of aryl methyl sites for hydroxylation is 1. The van der Waals surface area contributed by atoms with E-state index in [1.807, 2.05) is 0 Å². The molecule has 1 aromatic carbocycles. The Morgan fingerprint density at radius 2 is 1.92 bits per heavy atom. The van der Waals surface area contributed by atoms with Gasteiger partial charge in [0, 0.05) is 22.7 Å². The van der Waals surface area contributed by atoms with Crippen LogP contribution in [0.3, 0.4) is 0 Å². The lowest BCUT2D eigenvalue weighted by Gasteiger charge is -2.11. The molecule has 3 aromatic rings. The average Bonchev–Trinajstić information content (AvgIpc) is 2.99. The molecule has 26 heavy (non-hydrogen) atoms. The summed E-state index contributed by atoms with van der Waals surface area (Å²) in [7, 11) is 1.45. The Labute approximate surface area is 157 Å². The lowest BCUT2D eigenvalue weighted by Crippen LogP contribution is -2.33. The van der Waals surface area contributed by atoms with Crippen molar-refractivity contribution in [2.75, 3.05) is 5.43 Å². The summed E-state index contributed by atoms with van der Waals surface area (Å²) in [5.41, 5.74) is 6.35. The Morgan fingerprint density at radius 1 is 1.27 bits per heavy atom. The molecule has 0 atom stereocenters. The van der Waals surface area contributed by atoms with Crippen molar-refractivity contribution < 1.29 is 9.90 Å². The number of carbonyl (C=O) groups is 1. The van der Waals surface area contributed by atoms with Gasteiger partial charge in [-0.15, -0.1) is 0 Å². The molecule has 0 spiro atoms. The molecule has 10 heteroatoms. The van der Waals surface area contributed by atoms with Crippen LogP contribution in [0, 0.1) is 6.92 Å². The number of halogens is 2. The minimum atomic E-state index is -0.442. The number of pyridine rings is 1. The topological polar surface area (TPSA) is 101 Å². The minimum Gasteiger partial charge on any atom is -0.494 e. The molecule has 0 bridgehead atoms. The van der Waals surface area contributed by atoms with Gasteiger partial charge in [0.05, 0.1) is 12.0 Å². The zero-order chi connectivity index (χ0) is 19.0. The lowest BCUT2D eigenvalue weighted by molar-refractivity contribution is -0.121. The zero-order valence-electron chi connectivity index (χ0n) is 13.9. The van der Waals surface area contributed by atoms with Crippen LogP contribution in [0.15, 0.2) is 29.3 Å². The van der Waals surface area contributed by atoms with Crippen molar-refractivity contribution in [3.05, 3.63) is 50.5 Å². The van der Waals surface area contributed by atoms with Gasteiger partial charge in [-0.2, -0.15) is 0 Å². The normalized spacial score (nSPS) is 10.9. The Hall–Kier alpha value is -2.71. The minimum absolute atomic E-state index is 0.142. The number of fused-ring (bicyclic) bond motifs is 1. The van der Waals surface area contributed by atoms with E-state index in [1.165, 1.54) is 17.9 Å². The fraction of sp³-hybridized carbons (Fsp3) is 0.188. The third-order valence-corrected chi connectivity index (χ3v) is 4.31. The summed E-state index contributed by atoms with van der Waals surface area (Å²) in [4.78, 5) is 28.7. The van der Waals surface area contributed by atoms with E-state index < -0.39 is 11.5 Å². The molecule has 0 radical (unpaired) electrons. The molecule has 0 saturated heterocycles. The Morgan fingerprint density at radius 3 is 2.58 bits per heavy atom. The molecular weight excluding hydrogens is 381 g/mol. The highest BCUT2D eigenvalue weighted by atomic mass is 35.5. The molecule has 2 heterocycles. The fourth-order valence-electron chi connectivity index (χ4n) is 2.58. The fourth-order valence-corrected chi connectivity index (χ4v) is 3.10. The van der Waals surface area contributed by atoms with Gasteiger partial charge < -0.3 is 9.67 Å². The van der Waals surface area contributed by atoms with Gasteiger partial charge in [0.2, 0.25) is 0 Å². The molecule has 0 fully saturated rings. The number of nitrogens with one attached hydrogen (secondary N) is 2. The van der Waals surface area contributed by atoms with Crippen LogP contribution in [0.5, 0.6) is 5.88 Å². The van der Waals surface area contributed by atoms with E-state index in [0.29, 0.717) is 26.8 Å². The van der Waals surface area contributed by atoms with E-state index in [9.17, 15) is 14.7 Å². The Kier molecular flexibility index (Phi) is 4.80. The largest absolute Gasteiger partial charge is 0.494 e. The van der Waals surface area contributed by atoms with Crippen molar-refractivity contribution in [2.45, 2.75) is 13.5 Å². The first-order valence-corrected chi connectivity index (χ1v) is 8.28. The number of benzene rings is 1. The monoisotopic (exact) mass is 395 g/mol. The van der Waals surface area contributed by atoms with Crippen molar-refractivity contribution in [1.29, 1.82) is 0 Å². The number of hydrogen-bond acceptors (Lipinski definition) is 5. The Balaban J connectivity index is 1.81. The first-order chi connectivity index (χ1) is 12.3. The van der Waals surface area contributed by atoms with E-state index in [0.717, 1.165) is 4.57 Å². The summed E-state index contributed by atoms with van der Waals surface area (Å²) < 4.78 is 2.53. The van der Waals surface area contributed by atoms with Gasteiger partial charge in [0.25, 0.3) is 11.5 Å². The molecule has 2 aromatic heterocycles. The molecule has 8 nitrogen and oxygen atoms in total. The van der Waals surface area contributed by atoms with Crippen molar-refractivity contribution >= 4 is 45.8 Å². The van der Waals surface area contributed by atoms with Crippen molar-refractivity contribution in [3.63, 3.8) is 0 Å². The quantitative estimate of drug-likeness (QED) is 0.587. The number of carbonyl (C=O) groups excluding carboxylic acids is 1. The number of rotatable bonds is 4. The third kappa shape index (κ3) is 3.33. The van der Waals surface area contributed by atoms with Gasteiger partial charge in [-0.1, -0.05) is 23.2 Å². The number of anilines is 1. The molecule has 136 valence electrons. The van der Waals surface area contributed by atoms with Crippen LogP contribution in [-0.2, 0) is 18.4 Å². The molecule has 3 rings (SSSR count). The number of nitrogens with zero attached hydrogens (tertiary/aromatic N) is 3. The SMILES string of the molecule is Cc1c(O)n(C)c(=O)c2c1ncn2CC(=O)NNc1cc(Cl)cc(Cl)c1. The van der Waals surface area contributed by atoms with Crippen LogP contribution in [0.1, 0.15) is 5.56 Å². The number of aromatic hydroxyl groups is 1. The summed E-state index contributed by atoms with van der Waals surface area (Å²) in [6.45, 7) is 1.51. The van der Waals surface area contributed by atoms with Crippen LogP contribution in [0.2, 0.25) is 10.0 Å². The van der Waals surface area contributed by atoms with Gasteiger partial charge in [0.15, 0.2) is 5.88 Å². The van der Waals surface area contributed by atoms with E-state index in [-0.39, 0.29) is 17.9 Å². The van der Waals surface area contributed by atoms with Crippen molar-refractivity contribution in [2.24, 2.45) is 7.05 Å². The van der Waals surface area contributed by atoms with Gasteiger partial charge in [0.1, 0.15) is 17.6 Å². The summed E-state index contributed by atoms with van der Waals surface area (Å²) in [5, 5.41) is 10.8. The predicted octanol–water partition coefficient (Wildman–Crippen LogP) is 2.20. The molecule has 0 unspecified atom stereocenters. The number of amides is 1. The highest BCUT2D eigenvalue weighted by Gasteiger charge is 2.17. The molecule has 0 aliphatic carbocycles. The highest BCUT2D eigenvalue weighted by molar-refractivity contribution is 6.35. The highest BCUT2D eigenvalue weighted by Crippen LogP contribution is 2.22. The van der Waals surface area contributed by atoms with Crippen LogP contribution in [-0.4, -0.2) is 25.1 Å². The smallest absolute Gasteiger partial charge is 0.279 e. The van der Waals surface area contributed by atoms with Crippen LogP contribution < -0.4 is 16.4 Å². The maximum Gasteiger partial charge on any atom is 0.279 e. The lowest BCUT2D eigenvalue weighted by atomic mass is 10.2. The number of hydrogen-bond donors (Lipinski definition) is 3. The number of imidazole rings is 1. The van der Waals surface area contributed by atoms with E-state index in [2.05, 4.69) is 15.8 Å². The molecule has 0 aliphatic rings. The average molecular weight is 396 g/mol. The molecule has 3 N–H and O–H groups in total. The number of aromatic nitrogens is 3. The molecule has 0 aliphatic heterocycles. The van der Waals surface area contributed by atoms with Gasteiger partial charge >= 0.3 is 0 Å². The van der Waals surface area contributed by atoms with Crippen molar-refractivity contribution in [1.82, 2.24) is 19.5 Å². The van der Waals surface area contributed by atoms with E-state index >= 15 is 0 Å². The molecule has 1 amide bonds. The zero-order valence-corrected chi connectivity index (χ0v) is 15.4. The first-order valence-electron chi connectivity index (χ1n) is 7.52. The summed E-state index contributed by atoms with van der Waals surface area (Å²) in [6.07, 6.45) is 1.38. The second-order valence-electron chi connectivity index (χ2n) is 5.71. The summed E-state index contributed by atoms with van der Waals surface area (Å²) in [6, 6.07) is 4.77. The predicted molar refractivity (Wildman–Crippen MR) is 99.6 cm³/mol. The Bertz CT molecular complexity index is 1050. The molecule has 0 saturated carbocycles. The maximum atomic E-state index is 12.4.